The number of aliphatic carboxylic acids is 1. The van der Waals surface area contributed by atoms with Crippen molar-refractivity contribution in [2.24, 2.45) is 0 Å². The van der Waals surface area contributed by atoms with E-state index in [1.807, 2.05) is 0 Å². The van der Waals surface area contributed by atoms with E-state index in [0.29, 0.717) is 25.8 Å². The standard InChI is InChI=1S/C15H25NO5S/c17-14(11-22(20,21)13-6-1-2-7-13)16-10-4-3-5-12(16)8-9-15(18)19/h12-13H,1-11H2,(H,18,19). The summed E-state index contributed by atoms with van der Waals surface area (Å²) in [6.45, 7) is 0.545. The van der Waals surface area contributed by atoms with Crippen molar-refractivity contribution in [3.63, 3.8) is 0 Å². The topological polar surface area (TPSA) is 91.8 Å². The van der Waals surface area contributed by atoms with E-state index in [1.54, 1.807) is 4.90 Å². The van der Waals surface area contributed by atoms with Crippen LogP contribution in [0.4, 0.5) is 0 Å². The van der Waals surface area contributed by atoms with Gasteiger partial charge in [0.2, 0.25) is 5.91 Å². The second-order valence-corrected chi connectivity index (χ2v) is 8.66. The summed E-state index contributed by atoms with van der Waals surface area (Å²) < 4.78 is 24.6. The molecule has 1 saturated carbocycles. The van der Waals surface area contributed by atoms with Gasteiger partial charge in [-0.3, -0.25) is 9.59 Å². The van der Waals surface area contributed by atoms with Crippen molar-refractivity contribution in [3.8, 4) is 0 Å². The Morgan fingerprint density at radius 1 is 1.05 bits per heavy atom. The fraction of sp³-hybridized carbons (Fsp3) is 0.867. The Morgan fingerprint density at radius 3 is 2.32 bits per heavy atom. The summed E-state index contributed by atoms with van der Waals surface area (Å²) in [5.74, 6) is -1.64. The predicted molar refractivity (Wildman–Crippen MR) is 82.3 cm³/mol. The Hall–Kier alpha value is -1.11. The number of carbonyl (C=O) groups is 2. The first-order chi connectivity index (χ1) is 10.4. The molecule has 0 bridgehead atoms. The number of likely N-dealkylation sites (tertiary alicyclic amines) is 1. The smallest absolute Gasteiger partial charge is 0.303 e. The minimum absolute atomic E-state index is 0.0177. The molecule has 7 heteroatoms. The third-order valence-electron chi connectivity index (χ3n) is 4.77. The lowest BCUT2D eigenvalue weighted by Crippen LogP contribution is -2.47. The Kier molecular flexibility index (Phi) is 5.83. The van der Waals surface area contributed by atoms with Gasteiger partial charge >= 0.3 is 5.97 Å². The zero-order valence-electron chi connectivity index (χ0n) is 12.9. The van der Waals surface area contributed by atoms with Crippen LogP contribution in [0.2, 0.25) is 0 Å². The number of carboxylic acids is 1. The minimum Gasteiger partial charge on any atom is -0.481 e. The van der Waals surface area contributed by atoms with Crippen LogP contribution >= 0.6 is 0 Å². The number of hydrogen-bond donors (Lipinski definition) is 1. The molecule has 1 aliphatic heterocycles. The lowest BCUT2D eigenvalue weighted by atomic mass is 9.98. The number of carbonyl (C=O) groups excluding carboxylic acids is 1. The fourth-order valence-corrected chi connectivity index (χ4v) is 5.34. The third kappa shape index (κ3) is 4.44. The van der Waals surface area contributed by atoms with Crippen LogP contribution in [0, 0.1) is 0 Å². The van der Waals surface area contributed by atoms with E-state index >= 15 is 0 Å². The second kappa shape index (κ2) is 7.44. The number of carboxylic acid groups (broad SMARTS) is 1. The third-order valence-corrected chi connectivity index (χ3v) is 6.91. The van der Waals surface area contributed by atoms with Gasteiger partial charge in [-0.2, -0.15) is 0 Å². The summed E-state index contributed by atoms with van der Waals surface area (Å²) in [7, 11) is -3.37. The Balaban J connectivity index is 1.97. The number of amides is 1. The molecule has 1 amide bonds. The quantitative estimate of drug-likeness (QED) is 0.798. The van der Waals surface area contributed by atoms with Crippen molar-refractivity contribution in [1.29, 1.82) is 0 Å². The van der Waals surface area contributed by atoms with Crippen LogP contribution in [0.15, 0.2) is 0 Å². The molecule has 1 atom stereocenters. The van der Waals surface area contributed by atoms with E-state index in [0.717, 1.165) is 32.1 Å². The van der Waals surface area contributed by atoms with E-state index < -0.39 is 21.6 Å². The van der Waals surface area contributed by atoms with Gasteiger partial charge in [0.25, 0.3) is 0 Å². The summed E-state index contributed by atoms with van der Waals surface area (Å²) >= 11 is 0. The largest absolute Gasteiger partial charge is 0.481 e. The van der Waals surface area contributed by atoms with Gasteiger partial charge in [0.05, 0.1) is 5.25 Å². The molecule has 22 heavy (non-hydrogen) atoms. The number of nitrogens with zero attached hydrogens (tertiary/aromatic N) is 1. The zero-order valence-corrected chi connectivity index (χ0v) is 13.7. The van der Waals surface area contributed by atoms with E-state index in [4.69, 9.17) is 5.11 Å². The molecule has 1 N–H and O–H groups in total. The molecule has 1 heterocycles. The van der Waals surface area contributed by atoms with Crippen molar-refractivity contribution in [3.05, 3.63) is 0 Å². The van der Waals surface area contributed by atoms with Crippen molar-refractivity contribution in [2.75, 3.05) is 12.3 Å². The molecule has 0 radical (unpaired) electrons. The van der Waals surface area contributed by atoms with E-state index in [1.165, 1.54) is 0 Å². The molecule has 0 aromatic rings. The molecule has 2 fully saturated rings. The Bertz CT molecular complexity index is 510. The molecule has 0 spiro atoms. The lowest BCUT2D eigenvalue weighted by Gasteiger charge is -2.35. The summed E-state index contributed by atoms with van der Waals surface area (Å²) in [5, 5.41) is 8.44. The molecule has 0 aromatic carbocycles. The molecule has 126 valence electrons. The average Bonchev–Trinajstić information content (AvgIpc) is 3.00. The highest BCUT2D eigenvalue weighted by Gasteiger charge is 2.34. The first kappa shape index (κ1) is 17.2. The minimum atomic E-state index is -3.37. The van der Waals surface area contributed by atoms with Gasteiger partial charge in [0, 0.05) is 19.0 Å². The number of rotatable bonds is 6. The lowest BCUT2D eigenvalue weighted by molar-refractivity contribution is -0.139. The van der Waals surface area contributed by atoms with Gasteiger partial charge < -0.3 is 10.0 Å². The van der Waals surface area contributed by atoms with Crippen LogP contribution in [0.5, 0.6) is 0 Å². The van der Waals surface area contributed by atoms with Gasteiger partial charge in [-0.15, -0.1) is 0 Å². The molecule has 6 nitrogen and oxygen atoms in total. The van der Waals surface area contributed by atoms with Crippen LogP contribution < -0.4 is 0 Å². The van der Waals surface area contributed by atoms with Crippen molar-refractivity contribution in [2.45, 2.75) is 69.1 Å². The molecule has 1 aliphatic carbocycles. The van der Waals surface area contributed by atoms with Gasteiger partial charge in [0.1, 0.15) is 5.75 Å². The summed E-state index contributed by atoms with van der Waals surface area (Å²) in [6, 6.07) is -0.129. The average molecular weight is 331 g/mol. The monoisotopic (exact) mass is 331 g/mol. The second-order valence-electron chi connectivity index (χ2n) is 6.38. The predicted octanol–water partition coefficient (Wildman–Crippen LogP) is 1.59. The van der Waals surface area contributed by atoms with Crippen LogP contribution in [0.1, 0.15) is 57.8 Å². The van der Waals surface area contributed by atoms with Crippen LogP contribution in [-0.4, -0.2) is 53.9 Å². The number of sulfone groups is 1. The highest BCUT2D eigenvalue weighted by molar-refractivity contribution is 7.92. The first-order valence-corrected chi connectivity index (χ1v) is 9.84. The SMILES string of the molecule is O=C(O)CCC1CCCCN1C(=O)CS(=O)(=O)C1CCCC1. The van der Waals surface area contributed by atoms with Gasteiger partial charge in [-0.25, -0.2) is 8.42 Å². The van der Waals surface area contributed by atoms with Crippen LogP contribution in [0.25, 0.3) is 0 Å². The highest BCUT2D eigenvalue weighted by atomic mass is 32.2. The molecular formula is C15H25NO5S. The Morgan fingerprint density at radius 2 is 1.68 bits per heavy atom. The van der Waals surface area contributed by atoms with Gasteiger partial charge in [0.15, 0.2) is 9.84 Å². The van der Waals surface area contributed by atoms with Crippen LogP contribution in [-0.2, 0) is 19.4 Å². The van der Waals surface area contributed by atoms with E-state index in [9.17, 15) is 18.0 Å². The van der Waals surface area contributed by atoms with E-state index in [2.05, 4.69) is 0 Å². The number of hydrogen-bond acceptors (Lipinski definition) is 4. The summed E-state index contributed by atoms with van der Waals surface area (Å²) in [5.41, 5.74) is 0. The maximum atomic E-state index is 12.4. The molecule has 2 rings (SSSR count). The molecular weight excluding hydrogens is 306 g/mol. The normalized spacial score (nSPS) is 23.6. The highest BCUT2D eigenvalue weighted by Crippen LogP contribution is 2.27. The molecule has 1 saturated heterocycles. The number of piperidine rings is 1. The van der Waals surface area contributed by atoms with Crippen molar-refractivity contribution < 1.29 is 23.1 Å². The molecule has 2 aliphatic rings. The first-order valence-electron chi connectivity index (χ1n) is 8.13. The zero-order chi connectivity index (χ0) is 16.2. The maximum absolute atomic E-state index is 12.4. The van der Waals surface area contributed by atoms with E-state index in [-0.39, 0.29) is 23.6 Å². The van der Waals surface area contributed by atoms with Crippen molar-refractivity contribution in [1.82, 2.24) is 4.90 Å². The Labute approximate surface area is 131 Å². The van der Waals surface area contributed by atoms with Gasteiger partial charge in [-0.1, -0.05) is 12.8 Å². The fourth-order valence-electron chi connectivity index (χ4n) is 3.54. The van der Waals surface area contributed by atoms with Crippen molar-refractivity contribution >= 4 is 21.7 Å². The summed E-state index contributed by atoms with van der Waals surface area (Å²) in [6.07, 6.45) is 6.18. The van der Waals surface area contributed by atoms with Gasteiger partial charge in [-0.05, 0) is 38.5 Å². The molecule has 0 aromatic heterocycles. The maximum Gasteiger partial charge on any atom is 0.303 e. The van der Waals surface area contributed by atoms with Crippen LogP contribution in [0.3, 0.4) is 0 Å². The summed E-state index contributed by atoms with van der Waals surface area (Å²) in [4.78, 5) is 24.8. The molecule has 1 unspecified atom stereocenters.